The van der Waals surface area contributed by atoms with Crippen LogP contribution >= 0.6 is 0 Å². The monoisotopic (exact) mass is 661 g/mol. The van der Waals surface area contributed by atoms with Gasteiger partial charge in [-0.3, -0.25) is 29.1 Å². The highest BCUT2D eigenvalue weighted by molar-refractivity contribution is 5.72. The SMILES string of the molecule is C.C.C.C.COC(=O)CN1CCCCC1.COC(=O)CN1CCCCC1.COC(=O)CN1CCCCC1.COC(=O)n1ccnc1. The average Bonchev–Trinajstić information content (AvgIpc) is 3.58. The van der Waals surface area contributed by atoms with E-state index in [1.54, 1.807) is 0 Å². The molecule has 0 aliphatic carbocycles. The van der Waals surface area contributed by atoms with Crippen LogP contribution in [-0.4, -0.2) is 136 Å². The van der Waals surface area contributed by atoms with Gasteiger partial charge in [0.1, 0.15) is 6.33 Å². The van der Waals surface area contributed by atoms with Crippen LogP contribution in [0.3, 0.4) is 0 Å². The number of carbonyl (C=O) groups is 4. The summed E-state index contributed by atoms with van der Waals surface area (Å²) in [7, 11) is 5.63. The van der Waals surface area contributed by atoms with Gasteiger partial charge >= 0.3 is 24.0 Å². The summed E-state index contributed by atoms with van der Waals surface area (Å²) < 4.78 is 19.3. The van der Waals surface area contributed by atoms with Crippen LogP contribution in [0.25, 0.3) is 0 Å². The van der Waals surface area contributed by atoms with Gasteiger partial charge in [-0.15, -0.1) is 0 Å². The summed E-state index contributed by atoms with van der Waals surface area (Å²) >= 11 is 0. The maximum atomic E-state index is 10.8. The van der Waals surface area contributed by atoms with Gasteiger partial charge in [0.25, 0.3) is 0 Å². The van der Waals surface area contributed by atoms with Crippen LogP contribution in [0.15, 0.2) is 18.7 Å². The Hall–Kier alpha value is -3.03. The van der Waals surface area contributed by atoms with E-state index in [2.05, 4.69) is 38.6 Å². The van der Waals surface area contributed by atoms with Crippen molar-refractivity contribution in [3.63, 3.8) is 0 Å². The number of nitrogens with zero attached hydrogens (tertiary/aromatic N) is 5. The van der Waals surface area contributed by atoms with Crippen molar-refractivity contribution in [2.24, 2.45) is 0 Å². The molecule has 0 spiro atoms. The summed E-state index contributed by atoms with van der Waals surface area (Å²) in [5.41, 5.74) is 0. The Kier molecular flexibility index (Phi) is 34.6. The molecule has 0 unspecified atom stereocenters. The van der Waals surface area contributed by atoms with E-state index >= 15 is 0 Å². The Morgan fingerprint density at radius 1 is 0.522 bits per heavy atom. The lowest BCUT2D eigenvalue weighted by Gasteiger charge is -2.24. The second-order valence-corrected chi connectivity index (χ2v) is 10.2. The van der Waals surface area contributed by atoms with Crippen molar-refractivity contribution in [2.75, 3.05) is 87.3 Å². The predicted molar refractivity (Wildman–Crippen MR) is 184 cm³/mol. The Bertz CT molecular complexity index is 791. The molecule has 1 aromatic heterocycles. The topological polar surface area (TPSA) is 133 Å². The summed E-state index contributed by atoms with van der Waals surface area (Å²) in [6.07, 6.45) is 15.2. The molecule has 4 rings (SSSR count). The molecular weight excluding hydrogens is 594 g/mol. The van der Waals surface area contributed by atoms with E-state index in [9.17, 15) is 19.2 Å². The minimum Gasteiger partial charge on any atom is -0.468 e. The van der Waals surface area contributed by atoms with Crippen molar-refractivity contribution < 1.29 is 38.1 Å². The van der Waals surface area contributed by atoms with Gasteiger partial charge in [-0.25, -0.2) is 14.3 Å². The lowest BCUT2D eigenvalue weighted by Crippen LogP contribution is -2.34. The van der Waals surface area contributed by atoms with Gasteiger partial charge in [0, 0.05) is 12.4 Å². The first-order valence-electron chi connectivity index (χ1n) is 14.8. The van der Waals surface area contributed by atoms with Crippen LogP contribution in [0.2, 0.25) is 0 Å². The summed E-state index contributed by atoms with van der Waals surface area (Å²) in [6, 6.07) is 0. The van der Waals surface area contributed by atoms with Gasteiger partial charge in [-0.1, -0.05) is 49.0 Å². The number of piperidine rings is 3. The molecule has 3 aliphatic heterocycles. The Labute approximate surface area is 279 Å². The standard InChI is InChI=1S/3C8H15NO2.C5H6N2O2.4CH4/c3*1-11-8(10)7-9-5-3-2-4-6-9;1-9-5(8)7-3-2-6-4-7;;;;/h3*2-7H2,1H3;2-4H,1H3;4*1H4. The summed E-state index contributed by atoms with van der Waals surface area (Å²) in [4.78, 5) is 53.1. The number of methoxy groups -OCH3 is 4. The Morgan fingerprint density at radius 3 is 1.04 bits per heavy atom. The van der Waals surface area contributed by atoms with E-state index in [0.717, 1.165) is 39.3 Å². The van der Waals surface area contributed by atoms with E-state index in [1.807, 2.05) is 0 Å². The lowest BCUT2D eigenvalue weighted by molar-refractivity contribution is -0.143. The highest BCUT2D eigenvalue weighted by atomic mass is 16.5. The van der Waals surface area contributed by atoms with E-state index in [4.69, 9.17) is 0 Å². The molecule has 0 N–H and O–H groups in total. The van der Waals surface area contributed by atoms with Crippen molar-refractivity contribution in [2.45, 2.75) is 87.5 Å². The second kappa shape index (κ2) is 31.9. The number of carbonyl (C=O) groups excluding carboxylic acids is 4. The highest BCUT2D eigenvalue weighted by Gasteiger charge is 2.15. The molecule has 3 aliphatic rings. The predicted octanol–water partition coefficient (Wildman–Crippen LogP) is 4.98. The van der Waals surface area contributed by atoms with Gasteiger partial charge in [0.15, 0.2) is 0 Å². The molecule has 0 saturated carbocycles. The number of likely N-dealkylation sites (tertiary alicyclic amines) is 3. The van der Waals surface area contributed by atoms with Crippen LogP contribution in [0.1, 0.15) is 87.5 Å². The van der Waals surface area contributed by atoms with Crippen molar-refractivity contribution in [3.05, 3.63) is 18.7 Å². The van der Waals surface area contributed by atoms with E-state index in [1.165, 1.54) is 110 Å². The molecule has 4 heterocycles. The van der Waals surface area contributed by atoms with Gasteiger partial charge in [-0.05, 0) is 77.8 Å². The Morgan fingerprint density at radius 2 is 0.826 bits per heavy atom. The summed E-state index contributed by atoms with van der Waals surface area (Å²) in [6.45, 7) is 7.71. The molecule has 13 heteroatoms. The average molecular weight is 662 g/mol. The molecule has 272 valence electrons. The number of rotatable bonds is 6. The number of hydrogen-bond donors (Lipinski definition) is 0. The van der Waals surface area contributed by atoms with Crippen molar-refractivity contribution >= 4 is 24.0 Å². The molecule has 1 aromatic rings. The van der Waals surface area contributed by atoms with Gasteiger partial charge in [0.2, 0.25) is 0 Å². The first kappa shape index (κ1) is 49.8. The molecule has 13 nitrogen and oxygen atoms in total. The fourth-order valence-corrected chi connectivity index (χ4v) is 4.57. The zero-order valence-corrected chi connectivity index (χ0v) is 26.0. The maximum absolute atomic E-state index is 10.8. The third-order valence-corrected chi connectivity index (χ3v) is 6.98. The van der Waals surface area contributed by atoms with Crippen LogP contribution < -0.4 is 0 Å². The zero-order valence-electron chi connectivity index (χ0n) is 26.0. The molecule has 0 amide bonds. The van der Waals surface area contributed by atoms with Crippen molar-refractivity contribution in [1.29, 1.82) is 0 Å². The molecular formula is C33H67N5O8. The summed E-state index contributed by atoms with van der Waals surface area (Å²) in [5.74, 6) is -0.356. The van der Waals surface area contributed by atoms with Crippen LogP contribution in [0, 0.1) is 0 Å². The van der Waals surface area contributed by atoms with E-state index < -0.39 is 6.09 Å². The number of hydrogen-bond acceptors (Lipinski definition) is 12. The smallest absolute Gasteiger partial charge is 0.418 e. The van der Waals surface area contributed by atoms with Gasteiger partial charge in [-0.2, -0.15) is 0 Å². The van der Waals surface area contributed by atoms with Crippen LogP contribution in [0.4, 0.5) is 4.79 Å². The molecule has 46 heavy (non-hydrogen) atoms. The largest absolute Gasteiger partial charge is 0.468 e. The fourth-order valence-electron chi connectivity index (χ4n) is 4.57. The van der Waals surface area contributed by atoms with E-state index in [-0.39, 0.29) is 47.6 Å². The Balaban J connectivity index is -0.000000249. The van der Waals surface area contributed by atoms with Crippen molar-refractivity contribution in [3.8, 4) is 0 Å². The number of ether oxygens (including phenoxy) is 4. The quantitative estimate of drug-likeness (QED) is 0.301. The summed E-state index contributed by atoms with van der Waals surface area (Å²) in [5, 5.41) is 0. The zero-order chi connectivity index (χ0) is 31.0. The lowest BCUT2D eigenvalue weighted by atomic mass is 10.1. The normalized spacial score (nSPS) is 15.9. The molecule has 0 bridgehead atoms. The maximum Gasteiger partial charge on any atom is 0.418 e. The molecule has 0 atom stereocenters. The molecule has 3 fully saturated rings. The number of aromatic nitrogens is 2. The van der Waals surface area contributed by atoms with E-state index in [0.29, 0.717) is 19.6 Å². The minimum absolute atomic E-state index is 0. The molecule has 0 aromatic carbocycles. The van der Waals surface area contributed by atoms with Crippen molar-refractivity contribution in [1.82, 2.24) is 24.3 Å². The second-order valence-electron chi connectivity index (χ2n) is 10.2. The van der Waals surface area contributed by atoms with Gasteiger partial charge < -0.3 is 18.9 Å². The van der Waals surface area contributed by atoms with Crippen LogP contribution in [0.5, 0.6) is 0 Å². The van der Waals surface area contributed by atoms with Gasteiger partial charge in [0.05, 0.1) is 48.1 Å². The highest BCUT2D eigenvalue weighted by Crippen LogP contribution is 2.09. The third-order valence-electron chi connectivity index (χ3n) is 6.98. The van der Waals surface area contributed by atoms with Crippen LogP contribution in [-0.2, 0) is 33.3 Å². The molecule has 3 saturated heterocycles. The third kappa shape index (κ3) is 24.2. The first-order valence-corrected chi connectivity index (χ1v) is 14.8. The fraction of sp³-hybridized carbons (Fsp3) is 0.788. The minimum atomic E-state index is -0.424. The first-order chi connectivity index (χ1) is 20.3. The number of imidazole rings is 1. The molecule has 0 radical (unpaired) electrons. The number of esters is 3.